The molecule has 1 aromatic rings. The van der Waals surface area contributed by atoms with E-state index in [0.29, 0.717) is 12.1 Å². The van der Waals surface area contributed by atoms with Crippen LogP contribution in [0.4, 0.5) is 5.69 Å². The van der Waals surface area contributed by atoms with Crippen molar-refractivity contribution in [3.05, 3.63) is 29.8 Å². The van der Waals surface area contributed by atoms with E-state index in [1.807, 2.05) is 31.2 Å². The molecule has 112 valence electrons. The first-order chi connectivity index (χ1) is 10.0. The Labute approximate surface area is 125 Å². The van der Waals surface area contributed by atoms with E-state index in [0.717, 1.165) is 31.2 Å². The Morgan fingerprint density at radius 1 is 1.19 bits per heavy atom. The third-order valence-corrected chi connectivity index (χ3v) is 4.86. The molecule has 2 N–H and O–H groups in total. The topological polar surface area (TPSA) is 63.4 Å². The van der Waals surface area contributed by atoms with Gasteiger partial charge in [-0.2, -0.15) is 0 Å². The van der Waals surface area contributed by atoms with Crippen LogP contribution < -0.4 is 10.6 Å². The van der Waals surface area contributed by atoms with Gasteiger partial charge in [0, 0.05) is 12.5 Å². The van der Waals surface area contributed by atoms with Gasteiger partial charge in [-0.05, 0) is 37.5 Å². The molecule has 1 atom stereocenters. The van der Waals surface area contributed by atoms with Gasteiger partial charge in [-0.1, -0.05) is 31.4 Å². The van der Waals surface area contributed by atoms with Crippen molar-refractivity contribution >= 4 is 17.5 Å². The van der Waals surface area contributed by atoms with Crippen LogP contribution >= 0.6 is 0 Å². The van der Waals surface area contributed by atoms with Crippen LogP contribution in [0.15, 0.2) is 24.3 Å². The number of nitrogens with two attached hydrogens (primary N) is 1. The summed E-state index contributed by atoms with van der Waals surface area (Å²) >= 11 is 0. The smallest absolute Gasteiger partial charge is 0.240 e. The summed E-state index contributed by atoms with van der Waals surface area (Å²) in [7, 11) is 0. The minimum absolute atomic E-state index is 0.00553. The Hall–Kier alpha value is -1.68. The number of anilines is 1. The summed E-state index contributed by atoms with van der Waals surface area (Å²) in [6.45, 7) is 1.90. The molecule has 1 unspecified atom stereocenters. The van der Waals surface area contributed by atoms with E-state index in [2.05, 4.69) is 0 Å². The molecule has 1 aliphatic heterocycles. The fourth-order valence-electron chi connectivity index (χ4n) is 3.62. The molecule has 0 aromatic heterocycles. The number of carbonyl (C=O) groups is 2. The van der Waals surface area contributed by atoms with Gasteiger partial charge in [0.25, 0.3) is 0 Å². The standard InChI is InChI=1S/C17H22N2O2/c1-12(18)13-6-5-7-14(10-13)19-15(20)11-17(16(19)21)8-3-2-4-9-17/h5-7,10,12H,2-4,8-9,11,18H2,1H3. The van der Waals surface area contributed by atoms with Crippen molar-refractivity contribution in [2.75, 3.05) is 4.90 Å². The fraction of sp³-hybridized carbons (Fsp3) is 0.529. The average molecular weight is 286 g/mol. The molecule has 2 aliphatic rings. The van der Waals surface area contributed by atoms with E-state index in [9.17, 15) is 9.59 Å². The van der Waals surface area contributed by atoms with E-state index < -0.39 is 5.41 Å². The Bertz CT molecular complexity index is 574. The molecule has 1 saturated heterocycles. The molecule has 1 aliphatic carbocycles. The van der Waals surface area contributed by atoms with Crippen molar-refractivity contribution in [1.82, 2.24) is 0 Å². The minimum Gasteiger partial charge on any atom is -0.324 e. The van der Waals surface area contributed by atoms with Crippen molar-refractivity contribution in [2.24, 2.45) is 11.1 Å². The van der Waals surface area contributed by atoms with Crippen LogP contribution in [-0.4, -0.2) is 11.8 Å². The zero-order valence-corrected chi connectivity index (χ0v) is 12.5. The quantitative estimate of drug-likeness (QED) is 0.850. The summed E-state index contributed by atoms with van der Waals surface area (Å²) in [6.07, 6.45) is 5.33. The molecule has 2 amide bonds. The Kier molecular flexibility index (Phi) is 3.57. The van der Waals surface area contributed by atoms with Gasteiger partial charge < -0.3 is 5.73 Å². The molecule has 3 rings (SSSR count). The summed E-state index contributed by atoms with van der Waals surface area (Å²) in [5, 5.41) is 0. The Morgan fingerprint density at radius 2 is 1.90 bits per heavy atom. The zero-order valence-electron chi connectivity index (χ0n) is 12.5. The van der Waals surface area contributed by atoms with Crippen molar-refractivity contribution in [3.8, 4) is 0 Å². The second-order valence-corrected chi connectivity index (χ2v) is 6.44. The summed E-state index contributed by atoms with van der Waals surface area (Å²) in [4.78, 5) is 26.6. The highest BCUT2D eigenvalue weighted by atomic mass is 16.2. The van der Waals surface area contributed by atoms with Crippen molar-refractivity contribution in [1.29, 1.82) is 0 Å². The van der Waals surface area contributed by atoms with E-state index in [4.69, 9.17) is 5.73 Å². The number of amides is 2. The van der Waals surface area contributed by atoms with Gasteiger partial charge in [0.15, 0.2) is 0 Å². The number of imide groups is 1. The highest BCUT2D eigenvalue weighted by molar-refractivity contribution is 6.22. The van der Waals surface area contributed by atoms with Crippen LogP contribution in [-0.2, 0) is 9.59 Å². The molecular formula is C17H22N2O2. The molecular weight excluding hydrogens is 264 g/mol. The van der Waals surface area contributed by atoms with Gasteiger partial charge in [-0.15, -0.1) is 0 Å². The van der Waals surface area contributed by atoms with Crippen molar-refractivity contribution < 1.29 is 9.59 Å². The lowest BCUT2D eigenvalue weighted by molar-refractivity contribution is -0.127. The predicted octanol–water partition coefficient (Wildman–Crippen LogP) is 2.92. The van der Waals surface area contributed by atoms with Gasteiger partial charge in [-0.25, -0.2) is 0 Å². The first-order valence-electron chi connectivity index (χ1n) is 7.76. The number of hydrogen-bond acceptors (Lipinski definition) is 3. The number of hydrogen-bond donors (Lipinski definition) is 1. The van der Waals surface area contributed by atoms with E-state index in [1.54, 1.807) is 0 Å². The fourth-order valence-corrected chi connectivity index (χ4v) is 3.62. The third kappa shape index (κ3) is 2.38. The maximum absolute atomic E-state index is 12.8. The van der Waals surface area contributed by atoms with Crippen LogP contribution in [0, 0.1) is 5.41 Å². The van der Waals surface area contributed by atoms with Gasteiger partial charge >= 0.3 is 0 Å². The number of carbonyl (C=O) groups excluding carboxylic acids is 2. The van der Waals surface area contributed by atoms with Gasteiger partial charge in [0.2, 0.25) is 11.8 Å². The SMILES string of the molecule is CC(N)c1cccc(N2C(=O)CC3(CCCCC3)C2=O)c1. The summed E-state index contributed by atoms with van der Waals surface area (Å²) < 4.78 is 0. The average Bonchev–Trinajstić information content (AvgIpc) is 2.71. The zero-order chi connectivity index (χ0) is 15.0. The van der Waals surface area contributed by atoms with E-state index >= 15 is 0 Å². The normalized spacial score (nSPS) is 22.9. The summed E-state index contributed by atoms with van der Waals surface area (Å²) in [5.41, 5.74) is 7.08. The summed E-state index contributed by atoms with van der Waals surface area (Å²) in [5.74, 6) is -0.0715. The first-order valence-corrected chi connectivity index (χ1v) is 7.76. The maximum atomic E-state index is 12.8. The van der Waals surface area contributed by atoms with Gasteiger partial charge in [0.1, 0.15) is 0 Å². The molecule has 0 bridgehead atoms. The molecule has 1 saturated carbocycles. The number of nitrogens with zero attached hydrogens (tertiary/aromatic N) is 1. The number of benzene rings is 1. The van der Waals surface area contributed by atoms with E-state index in [1.165, 1.54) is 11.3 Å². The first kappa shape index (κ1) is 14.3. The highest BCUT2D eigenvalue weighted by Gasteiger charge is 2.51. The van der Waals surface area contributed by atoms with Crippen molar-refractivity contribution in [3.63, 3.8) is 0 Å². The number of rotatable bonds is 2. The molecule has 1 spiro atoms. The minimum atomic E-state index is -0.431. The molecule has 1 heterocycles. The molecule has 4 heteroatoms. The van der Waals surface area contributed by atoms with Crippen molar-refractivity contribution in [2.45, 2.75) is 51.5 Å². The molecule has 21 heavy (non-hydrogen) atoms. The van der Waals surface area contributed by atoms with Crippen LogP contribution in [0.3, 0.4) is 0 Å². The van der Waals surface area contributed by atoms with Crippen LogP contribution in [0.5, 0.6) is 0 Å². The Balaban J connectivity index is 1.93. The molecule has 0 radical (unpaired) electrons. The predicted molar refractivity (Wildman–Crippen MR) is 81.7 cm³/mol. The molecule has 1 aromatic carbocycles. The lowest BCUT2D eigenvalue weighted by Gasteiger charge is -2.30. The lowest BCUT2D eigenvalue weighted by Crippen LogP contribution is -2.37. The Morgan fingerprint density at radius 3 is 2.57 bits per heavy atom. The maximum Gasteiger partial charge on any atom is 0.240 e. The van der Waals surface area contributed by atoms with Gasteiger partial charge in [0.05, 0.1) is 11.1 Å². The molecule has 4 nitrogen and oxygen atoms in total. The van der Waals surface area contributed by atoms with Gasteiger partial charge in [-0.3, -0.25) is 14.5 Å². The molecule has 2 fully saturated rings. The monoisotopic (exact) mass is 286 g/mol. The second kappa shape index (κ2) is 5.26. The van der Waals surface area contributed by atoms with Crippen LogP contribution in [0.1, 0.15) is 57.1 Å². The second-order valence-electron chi connectivity index (χ2n) is 6.44. The largest absolute Gasteiger partial charge is 0.324 e. The highest BCUT2D eigenvalue weighted by Crippen LogP contribution is 2.46. The van der Waals surface area contributed by atoms with E-state index in [-0.39, 0.29) is 17.9 Å². The lowest BCUT2D eigenvalue weighted by atomic mass is 9.73. The van der Waals surface area contributed by atoms with Crippen LogP contribution in [0.2, 0.25) is 0 Å². The summed E-state index contributed by atoms with van der Waals surface area (Å²) in [6, 6.07) is 7.36. The third-order valence-electron chi connectivity index (χ3n) is 4.86. The van der Waals surface area contributed by atoms with Crippen LogP contribution in [0.25, 0.3) is 0 Å².